The van der Waals surface area contributed by atoms with Crippen molar-refractivity contribution >= 4 is 87.5 Å². The van der Waals surface area contributed by atoms with Crippen molar-refractivity contribution in [1.29, 1.82) is 0 Å². The van der Waals surface area contributed by atoms with E-state index in [4.69, 9.17) is 8.83 Å². The van der Waals surface area contributed by atoms with Gasteiger partial charge < -0.3 is 18.0 Å². The number of para-hydroxylation sites is 5. The van der Waals surface area contributed by atoms with Crippen LogP contribution in [0, 0.1) is 0 Å². The Bertz CT molecular complexity index is 3410. The summed E-state index contributed by atoms with van der Waals surface area (Å²) in [5.41, 5.74) is 12.6. The highest BCUT2D eigenvalue weighted by atomic mass is 16.3. The Morgan fingerprint density at radius 1 is 0.327 bits per heavy atom. The largest absolute Gasteiger partial charge is 0.455 e. The lowest BCUT2D eigenvalue weighted by molar-refractivity contribution is 0.661. The van der Waals surface area contributed by atoms with Crippen LogP contribution in [0.15, 0.2) is 179 Å². The van der Waals surface area contributed by atoms with Crippen molar-refractivity contribution in [2.75, 3.05) is 0 Å². The number of nitrogens with zero attached hydrogens (tertiary/aromatic N) is 2. The minimum atomic E-state index is 0.819. The molecule has 0 spiro atoms. The quantitative estimate of drug-likeness (QED) is 0.188. The Hall–Kier alpha value is -7.04. The molecule has 4 aromatic heterocycles. The van der Waals surface area contributed by atoms with E-state index in [2.05, 4.69) is 155 Å². The molecule has 0 saturated carbocycles. The van der Waals surface area contributed by atoms with Gasteiger partial charge in [-0.2, -0.15) is 0 Å². The van der Waals surface area contributed by atoms with Crippen molar-refractivity contribution in [3.05, 3.63) is 170 Å². The molecule has 4 heterocycles. The average molecular weight is 665 g/mol. The number of fused-ring (bicyclic) bond motifs is 13. The smallest absolute Gasteiger partial charge is 0.163 e. The molecule has 0 unspecified atom stereocenters. The normalized spacial score (nSPS) is 12.2. The molecule has 52 heavy (non-hydrogen) atoms. The fraction of sp³-hybridized carbons (Fsp3) is 0. The molecule has 0 saturated heterocycles. The van der Waals surface area contributed by atoms with Crippen molar-refractivity contribution in [1.82, 2.24) is 9.13 Å². The van der Waals surface area contributed by atoms with E-state index in [-0.39, 0.29) is 0 Å². The van der Waals surface area contributed by atoms with Crippen molar-refractivity contribution in [3.8, 4) is 22.5 Å². The number of hydrogen-bond donors (Lipinski definition) is 0. The topological polar surface area (TPSA) is 36.1 Å². The Kier molecular flexibility index (Phi) is 5.47. The summed E-state index contributed by atoms with van der Waals surface area (Å²) in [5, 5.41) is 9.11. The maximum atomic E-state index is 6.73. The third kappa shape index (κ3) is 3.70. The maximum absolute atomic E-state index is 6.73. The maximum Gasteiger partial charge on any atom is 0.163 e. The van der Waals surface area contributed by atoms with Gasteiger partial charge in [0.2, 0.25) is 0 Å². The number of aromatic nitrogens is 2. The summed E-state index contributed by atoms with van der Waals surface area (Å²) in [7, 11) is 0. The molecule has 0 atom stereocenters. The fourth-order valence-corrected chi connectivity index (χ4v) is 8.63. The summed E-state index contributed by atoms with van der Waals surface area (Å²) >= 11 is 0. The molecule has 4 heteroatoms. The lowest BCUT2D eigenvalue weighted by atomic mass is 10.0. The van der Waals surface area contributed by atoms with Gasteiger partial charge in [0, 0.05) is 43.4 Å². The van der Waals surface area contributed by atoms with E-state index in [1.165, 1.54) is 43.7 Å². The highest BCUT2D eigenvalue weighted by Crippen LogP contribution is 2.45. The van der Waals surface area contributed by atoms with Crippen LogP contribution >= 0.6 is 0 Å². The molecular formula is C48H28N2O2. The molecule has 0 N–H and O–H groups in total. The second-order valence-corrected chi connectivity index (χ2v) is 13.7. The number of furan rings is 2. The van der Waals surface area contributed by atoms with Gasteiger partial charge in [-0.1, -0.05) is 103 Å². The SMILES string of the molecule is c1ccc(-n2c3ccccc3c3cc(-c4ccc5c(c4)c4ccccc4n5-c4cc5c6ccccc6oc5c5c4oc4ccccc45)ccc32)cc1. The van der Waals surface area contributed by atoms with Gasteiger partial charge in [-0.15, -0.1) is 0 Å². The molecule has 4 nitrogen and oxygen atoms in total. The molecule has 0 aliphatic heterocycles. The van der Waals surface area contributed by atoms with E-state index >= 15 is 0 Å². The zero-order chi connectivity index (χ0) is 33.9. The van der Waals surface area contributed by atoms with Gasteiger partial charge in [-0.3, -0.25) is 0 Å². The van der Waals surface area contributed by atoms with Gasteiger partial charge >= 0.3 is 0 Å². The highest BCUT2D eigenvalue weighted by molar-refractivity contribution is 6.25. The number of rotatable bonds is 3. The molecular weight excluding hydrogens is 637 g/mol. The molecule has 0 radical (unpaired) electrons. The molecule has 0 amide bonds. The van der Waals surface area contributed by atoms with Crippen LogP contribution in [0.5, 0.6) is 0 Å². The van der Waals surface area contributed by atoms with E-state index in [1.807, 2.05) is 24.3 Å². The predicted molar refractivity (Wildman–Crippen MR) is 215 cm³/mol. The van der Waals surface area contributed by atoms with Crippen LogP contribution < -0.4 is 0 Å². The summed E-state index contributed by atoms with van der Waals surface area (Å²) in [5.74, 6) is 0. The molecule has 8 aromatic carbocycles. The van der Waals surface area contributed by atoms with E-state index < -0.39 is 0 Å². The molecule has 242 valence electrons. The van der Waals surface area contributed by atoms with Gasteiger partial charge in [0.25, 0.3) is 0 Å². The van der Waals surface area contributed by atoms with Gasteiger partial charge in [0.15, 0.2) is 5.58 Å². The minimum Gasteiger partial charge on any atom is -0.455 e. The third-order valence-corrected chi connectivity index (χ3v) is 10.9. The van der Waals surface area contributed by atoms with Gasteiger partial charge in [-0.25, -0.2) is 0 Å². The van der Waals surface area contributed by atoms with Gasteiger partial charge in [0.05, 0.1) is 33.1 Å². The summed E-state index contributed by atoms with van der Waals surface area (Å²) in [6, 6.07) is 60.6. The second kappa shape index (κ2) is 10.3. The Morgan fingerprint density at radius 2 is 0.827 bits per heavy atom. The summed E-state index contributed by atoms with van der Waals surface area (Å²) in [6.45, 7) is 0. The van der Waals surface area contributed by atoms with Crippen LogP contribution in [-0.4, -0.2) is 9.13 Å². The Morgan fingerprint density at radius 3 is 1.52 bits per heavy atom. The van der Waals surface area contributed by atoms with Crippen LogP contribution in [0.3, 0.4) is 0 Å². The summed E-state index contributed by atoms with van der Waals surface area (Å²) < 4.78 is 18.0. The lowest BCUT2D eigenvalue weighted by Crippen LogP contribution is -1.95. The fourth-order valence-electron chi connectivity index (χ4n) is 8.63. The van der Waals surface area contributed by atoms with Crippen LogP contribution in [0.2, 0.25) is 0 Å². The highest BCUT2D eigenvalue weighted by Gasteiger charge is 2.23. The number of benzene rings is 8. The van der Waals surface area contributed by atoms with Crippen molar-refractivity contribution in [2.45, 2.75) is 0 Å². The first-order valence-corrected chi connectivity index (χ1v) is 17.7. The molecule has 0 bridgehead atoms. The van der Waals surface area contributed by atoms with Crippen LogP contribution in [0.1, 0.15) is 0 Å². The van der Waals surface area contributed by atoms with Gasteiger partial charge in [0.1, 0.15) is 16.7 Å². The Labute approximate surface area is 296 Å². The van der Waals surface area contributed by atoms with Gasteiger partial charge in [-0.05, 0) is 77.9 Å². The van der Waals surface area contributed by atoms with E-state index in [0.717, 1.165) is 66.3 Å². The first-order valence-electron chi connectivity index (χ1n) is 17.7. The molecule has 0 fully saturated rings. The van der Waals surface area contributed by atoms with Crippen LogP contribution in [-0.2, 0) is 0 Å². The van der Waals surface area contributed by atoms with E-state index in [0.29, 0.717) is 0 Å². The van der Waals surface area contributed by atoms with Crippen LogP contribution in [0.25, 0.3) is 110 Å². The Balaban J connectivity index is 1.12. The summed E-state index contributed by atoms with van der Waals surface area (Å²) in [4.78, 5) is 0. The van der Waals surface area contributed by atoms with Crippen LogP contribution in [0.4, 0.5) is 0 Å². The zero-order valence-electron chi connectivity index (χ0n) is 27.9. The van der Waals surface area contributed by atoms with E-state index in [9.17, 15) is 0 Å². The predicted octanol–water partition coefficient (Wildman–Crippen LogP) is 13.3. The molecule has 12 rings (SSSR count). The lowest BCUT2D eigenvalue weighted by Gasteiger charge is -2.10. The first kappa shape index (κ1) is 27.7. The first-order chi connectivity index (χ1) is 25.8. The average Bonchev–Trinajstić information content (AvgIpc) is 3.95. The molecule has 0 aliphatic rings. The monoisotopic (exact) mass is 664 g/mol. The minimum absolute atomic E-state index is 0.819. The van der Waals surface area contributed by atoms with E-state index in [1.54, 1.807) is 0 Å². The standard InChI is InChI=1S/C48H28N2O2/c1-2-12-31(13-3-1)49-39-18-8-4-14-32(39)36-26-29(22-24-41(36)49)30-23-25-42-37(27-30)33-15-5-9-19-40(33)50(42)43-28-38-34-16-6-10-20-44(34)51-47(38)46-35-17-7-11-21-45(35)52-48(43)46/h1-28H. The number of hydrogen-bond acceptors (Lipinski definition) is 2. The zero-order valence-corrected chi connectivity index (χ0v) is 27.9. The van der Waals surface area contributed by atoms with Crippen molar-refractivity contribution in [3.63, 3.8) is 0 Å². The third-order valence-electron chi connectivity index (χ3n) is 10.9. The second-order valence-electron chi connectivity index (χ2n) is 13.7. The van der Waals surface area contributed by atoms with Crippen molar-refractivity contribution < 1.29 is 8.83 Å². The summed E-state index contributed by atoms with van der Waals surface area (Å²) in [6.07, 6.45) is 0. The molecule has 0 aliphatic carbocycles. The van der Waals surface area contributed by atoms with Crippen molar-refractivity contribution in [2.24, 2.45) is 0 Å². The molecule has 12 aromatic rings.